The van der Waals surface area contributed by atoms with Crippen molar-refractivity contribution in [1.29, 1.82) is 0 Å². The number of hydrogen-bond donors (Lipinski definition) is 1. The number of ether oxygens (including phenoxy) is 2. The van der Waals surface area contributed by atoms with E-state index in [0.717, 1.165) is 12.8 Å². The largest absolute Gasteiger partial charge is 0.479 e. The Labute approximate surface area is 78.8 Å². The number of unbranched alkanes of at least 4 members (excludes halogenated alkanes) is 1. The second kappa shape index (κ2) is 6.86. The van der Waals surface area contributed by atoms with Crippen LogP contribution in [0.4, 0.5) is 0 Å². The van der Waals surface area contributed by atoms with Crippen molar-refractivity contribution in [2.75, 3.05) is 6.61 Å². The van der Waals surface area contributed by atoms with Crippen LogP contribution in [0.3, 0.4) is 0 Å². The third-order valence-corrected chi connectivity index (χ3v) is 1.59. The first kappa shape index (κ1) is 12.4. The SMILES string of the molecule is CCCCOC(C)O[C@H](C)C(=O)O. The Morgan fingerprint density at radius 2 is 2.08 bits per heavy atom. The molecule has 2 atom stereocenters. The van der Waals surface area contributed by atoms with Gasteiger partial charge in [-0.25, -0.2) is 4.79 Å². The Hall–Kier alpha value is -0.610. The normalized spacial score (nSPS) is 15.3. The average molecular weight is 190 g/mol. The predicted molar refractivity (Wildman–Crippen MR) is 48.5 cm³/mol. The number of carboxylic acids is 1. The van der Waals surface area contributed by atoms with E-state index in [1.54, 1.807) is 6.92 Å². The summed E-state index contributed by atoms with van der Waals surface area (Å²) in [5.41, 5.74) is 0. The van der Waals surface area contributed by atoms with Crippen molar-refractivity contribution in [3.63, 3.8) is 0 Å². The molecule has 0 saturated carbocycles. The van der Waals surface area contributed by atoms with Gasteiger partial charge in [-0.2, -0.15) is 0 Å². The van der Waals surface area contributed by atoms with Crippen molar-refractivity contribution in [2.24, 2.45) is 0 Å². The highest BCUT2D eigenvalue weighted by molar-refractivity contribution is 5.71. The molecule has 0 aromatic rings. The van der Waals surface area contributed by atoms with Crippen LogP contribution in [0.5, 0.6) is 0 Å². The molecule has 0 amide bonds. The van der Waals surface area contributed by atoms with Gasteiger partial charge in [0.1, 0.15) is 0 Å². The summed E-state index contributed by atoms with van der Waals surface area (Å²) in [4.78, 5) is 10.4. The minimum absolute atomic E-state index is 0.447. The van der Waals surface area contributed by atoms with Gasteiger partial charge < -0.3 is 14.6 Å². The zero-order valence-electron chi connectivity index (χ0n) is 8.45. The van der Waals surface area contributed by atoms with Gasteiger partial charge in [-0.3, -0.25) is 0 Å². The molecule has 13 heavy (non-hydrogen) atoms. The van der Waals surface area contributed by atoms with Crippen LogP contribution in [-0.4, -0.2) is 30.1 Å². The lowest BCUT2D eigenvalue weighted by molar-refractivity contribution is -0.181. The lowest BCUT2D eigenvalue weighted by atomic mass is 10.4. The monoisotopic (exact) mass is 190 g/mol. The first-order valence-corrected chi connectivity index (χ1v) is 4.57. The number of carboxylic acid groups (broad SMARTS) is 1. The second-order valence-electron chi connectivity index (χ2n) is 2.91. The van der Waals surface area contributed by atoms with Gasteiger partial charge in [-0.1, -0.05) is 13.3 Å². The Morgan fingerprint density at radius 3 is 2.54 bits per heavy atom. The van der Waals surface area contributed by atoms with Gasteiger partial charge in [0, 0.05) is 6.61 Å². The summed E-state index contributed by atoms with van der Waals surface area (Å²) < 4.78 is 10.3. The number of rotatable bonds is 7. The smallest absolute Gasteiger partial charge is 0.332 e. The quantitative estimate of drug-likeness (QED) is 0.489. The molecule has 0 aromatic carbocycles. The zero-order chi connectivity index (χ0) is 10.3. The van der Waals surface area contributed by atoms with Crippen LogP contribution in [0.2, 0.25) is 0 Å². The molecule has 1 N–H and O–H groups in total. The summed E-state index contributed by atoms with van der Waals surface area (Å²) in [5, 5.41) is 8.52. The van der Waals surface area contributed by atoms with Crippen LogP contribution in [0.25, 0.3) is 0 Å². The number of hydrogen-bond acceptors (Lipinski definition) is 3. The van der Waals surface area contributed by atoms with E-state index in [9.17, 15) is 4.79 Å². The van der Waals surface area contributed by atoms with Crippen LogP contribution < -0.4 is 0 Å². The van der Waals surface area contributed by atoms with E-state index in [2.05, 4.69) is 6.92 Å². The lowest BCUT2D eigenvalue weighted by Crippen LogP contribution is -2.26. The third-order valence-electron chi connectivity index (χ3n) is 1.59. The lowest BCUT2D eigenvalue weighted by Gasteiger charge is -2.16. The van der Waals surface area contributed by atoms with E-state index in [1.807, 2.05) is 0 Å². The molecule has 0 aromatic heterocycles. The molecule has 0 aliphatic rings. The van der Waals surface area contributed by atoms with Crippen LogP contribution >= 0.6 is 0 Å². The Morgan fingerprint density at radius 1 is 1.46 bits per heavy atom. The van der Waals surface area contributed by atoms with E-state index in [4.69, 9.17) is 14.6 Å². The highest BCUT2D eigenvalue weighted by Gasteiger charge is 2.14. The first-order valence-electron chi connectivity index (χ1n) is 4.57. The molecule has 0 heterocycles. The molecular formula is C9H18O4. The van der Waals surface area contributed by atoms with Gasteiger partial charge in [0.15, 0.2) is 12.4 Å². The molecule has 0 aliphatic heterocycles. The van der Waals surface area contributed by atoms with Crippen LogP contribution in [0.1, 0.15) is 33.6 Å². The molecule has 0 spiro atoms. The molecule has 0 bridgehead atoms. The van der Waals surface area contributed by atoms with Crippen LogP contribution in [0.15, 0.2) is 0 Å². The summed E-state index contributed by atoms with van der Waals surface area (Å²) in [7, 11) is 0. The summed E-state index contributed by atoms with van der Waals surface area (Å²) in [6, 6.07) is 0. The van der Waals surface area contributed by atoms with Crippen molar-refractivity contribution < 1.29 is 19.4 Å². The predicted octanol–water partition coefficient (Wildman–Crippen LogP) is 1.64. The third kappa shape index (κ3) is 6.54. The zero-order valence-corrected chi connectivity index (χ0v) is 8.45. The molecule has 4 heteroatoms. The topological polar surface area (TPSA) is 55.8 Å². The van der Waals surface area contributed by atoms with E-state index in [0.29, 0.717) is 6.61 Å². The van der Waals surface area contributed by atoms with Gasteiger partial charge >= 0.3 is 5.97 Å². The minimum Gasteiger partial charge on any atom is -0.479 e. The molecule has 1 unspecified atom stereocenters. The fraction of sp³-hybridized carbons (Fsp3) is 0.889. The van der Waals surface area contributed by atoms with Crippen molar-refractivity contribution in [3.05, 3.63) is 0 Å². The van der Waals surface area contributed by atoms with E-state index >= 15 is 0 Å². The summed E-state index contributed by atoms with van der Waals surface area (Å²) >= 11 is 0. The maximum atomic E-state index is 10.4. The fourth-order valence-corrected chi connectivity index (χ4v) is 0.779. The molecule has 0 saturated heterocycles. The summed E-state index contributed by atoms with van der Waals surface area (Å²) in [6.45, 7) is 5.87. The van der Waals surface area contributed by atoms with Gasteiger partial charge in [-0.05, 0) is 20.3 Å². The van der Waals surface area contributed by atoms with Gasteiger partial charge in [0.25, 0.3) is 0 Å². The van der Waals surface area contributed by atoms with Gasteiger partial charge in [0.2, 0.25) is 0 Å². The van der Waals surface area contributed by atoms with Crippen LogP contribution in [0, 0.1) is 0 Å². The standard InChI is InChI=1S/C9H18O4/c1-4-5-6-12-8(3)13-7(2)9(10)11/h7-8H,4-6H2,1-3H3,(H,10,11)/t7-,8?/m1/s1. The van der Waals surface area contributed by atoms with Gasteiger partial charge in [0.05, 0.1) is 0 Å². The molecular weight excluding hydrogens is 172 g/mol. The van der Waals surface area contributed by atoms with E-state index in [-0.39, 0.29) is 0 Å². The van der Waals surface area contributed by atoms with E-state index < -0.39 is 18.4 Å². The molecule has 0 radical (unpaired) electrons. The summed E-state index contributed by atoms with van der Waals surface area (Å²) in [5.74, 6) is -0.967. The van der Waals surface area contributed by atoms with Crippen LogP contribution in [-0.2, 0) is 14.3 Å². The number of carbonyl (C=O) groups is 1. The fourth-order valence-electron chi connectivity index (χ4n) is 0.779. The molecule has 0 fully saturated rings. The van der Waals surface area contributed by atoms with Crippen molar-refractivity contribution in [1.82, 2.24) is 0 Å². The van der Waals surface area contributed by atoms with E-state index in [1.165, 1.54) is 6.92 Å². The Balaban J connectivity index is 3.49. The molecule has 0 rings (SSSR count). The van der Waals surface area contributed by atoms with Gasteiger partial charge in [-0.15, -0.1) is 0 Å². The highest BCUT2D eigenvalue weighted by atomic mass is 16.7. The molecule has 4 nitrogen and oxygen atoms in total. The van der Waals surface area contributed by atoms with Crippen molar-refractivity contribution in [2.45, 2.75) is 46.0 Å². The first-order chi connectivity index (χ1) is 6.07. The second-order valence-corrected chi connectivity index (χ2v) is 2.91. The Bertz CT molecular complexity index is 147. The van der Waals surface area contributed by atoms with Crippen molar-refractivity contribution >= 4 is 5.97 Å². The maximum Gasteiger partial charge on any atom is 0.332 e. The number of aliphatic carboxylic acids is 1. The maximum absolute atomic E-state index is 10.4. The summed E-state index contributed by atoms with van der Waals surface area (Å²) in [6.07, 6.45) is 0.769. The molecule has 78 valence electrons. The molecule has 0 aliphatic carbocycles. The average Bonchev–Trinajstić information content (AvgIpc) is 2.04. The minimum atomic E-state index is -0.967. The highest BCUT2D eigenvalue weighted by Crippen LogP contribution is 2.01. The Kier molecular flexibility index (Phi) is 6.54. The van der Waals surface area contributed by atoms with Crippen molar-refractivity contribution in [3.8, 4) is 0 Å².